The van der Waals surface area contributed by atoms with E-state index in [1.807, 2.05) is 50.2 Å². The predicted octanol–water partition coefficient (Wildman–Crippen LogP) is 2.42. The quantitative estimate of drug-likeness (QED) is 0.791. The number of benzene rings is 1. The molecule has 25 heavy (non-hydrogen) atoms. The first kappa shape index (κ1) is 19.1. The van der Waals surface area contributed by atoms with Crippen molar-refractivity contribution in [2.45, 2.75) is 26.3 Å². The molecule has 1 amide bonds. The van der Waals surface area contributed by atoms with Crippen LogP contribution in [0.25, 0.3) is 0 Å². The van der Waals surface area contributed by atoms with Crippen molar-refractivity contribution in [2.75, 3.05) is 20.6 Å². The second kappa shape index (κ2) is 8.22. The number of carbonyl (C=O) groups excluding carboxylic acids is 1. The fourth-order valence-corrected chi connectivity index (χ4v) is 3.48. The Morgan fingerprint density at radius 2 is 1.88 bits per heavy atom. The Balaban J connectivity index is 1.98. The molecule has 1 aromatic heterocycles. The van der Waals surface area contributed by atoms with Crippen LogP contribution in [0.5, 0.6) is 0 Å². The Hall–Kier alpha value is -2.25. The average Bonchev–Trinajstić information content (AvgIpc) is 2.90. The minimum Gasteiger partial charge on any atom is -0.477 e. The number of aromatic carboxylic acids is 1. The van der Waals surface area contributed by atoms with Gasteiger partial charge in [0.1, 0.15) is 10.9 Å². The highest BCUT2D eigenvalue weighted by atomic mass is 32.1. The zero-order valence-corrected chi connectivity index (χ0v) is 15.7. The predicted molar refractivity (Wildman–Crippen MR) is 98.1 cm³/mol. The van der Waals surface area contributed by atoms with E-state index in [0.717, 1.165) is 22.5 Å². The molecular formula is C18H23N3O3S. The number of nitrogens with one attached hydrogen (secondary N) is 1. The van der Waals surface area contributed by atoms with Gasteiger partial charge in [0.15, 0.2) is 0 Å². The number of thiazole rings is 1. The second-order valence-corrected chi connectivity index (χ2v) is 7.23. The summed E-state index contributed by atoms with van der Waals surface area (Å²) in [5, 5.41) is 12.7. The molecule has 2 aromatic rings. The van der Waals surface area contributed by atoms with Gasteiger partial charge in [0.05, 0.1) is 10.7 Å². The van der Waals surface area contributed by atoms with Crippen LogP contribution in [-0.4, -0.2) is 47.5 Å². The van der Waals surface area contributed by atoms with Crippen molar-refractivity contribution in [3.05, 3.63) is 51.0 Å². The number of amides is 1. The number of carboxylic acid groups (broad SMARTS) is 1. The van der Waals surface area contributed by atoms with Crippen LogP contribution >= 0.6 is 11.3 Å². The van der Waals surface area contributed by atoms with E-state index in [4.69, 9.17) is 5.11 Å². The monoisotopic (exact) mass is 361 g/mol. The maximum Gasteiger partial charge on any atom is 0.347 e. The van der Waals surface area contributed by atoms with Gasteiger partial charge in [0.2, 0.25) is 5.91 Å². The Morgan fingerprint density at radius 1 is 1.24 bits per heavy atom. The van der Waals surface area contributed by atoms with Gasteiger partial charge in [0.25, 0.3) is 0 Å². The molecule has 1 atom stereocenters. The average molecular weight is 361 g/mol. The molecule has 6 nitrogen and oxygen atoms in total. The van der Waals surface area contributed by atoms with Crippen molar-refractivity contribution >= 4 is 23.2 Å². The largest absolute Gasteiger partial charge is 0.477 e. The van der Waals surface area contributed by atoms with Gasteiger partial charge in [-0.3, -0.25) is 9.69 Å². The first-order chi connectivity index (χ1) is 11.8. The van der Waals surface area contributed by atoms with Crippen LogP contribution in [0.2, 0.25) is 0 Å². The fourth-order valence-electron chi connectivity index (χ4n) is 2.58. The highest BCUT2D eigenvalue weighted by molar-refractivity contribution is 7.13. The van der Waals surface area contributed by atoms with Crippen molar-refractivity contribution < 1.29 is 14.7 Å². The van der Waals surface area contributed by atoms with Crippen molar-refractivity contribution in [1.82, 2.24) is 15.2 Å². The van der Waals surface area contributed by atoms with Gasteiger partial charge in [0, 0.05) is 13.0 Å². The van der Waals surface area contributed by atoms with Gasteiger partial charge in [-0.1, -0.05) is 29.8 Å². The molecule has 1 unspecified atom stereocenters. The summed E-state index contributed by atoms with van der Waals surface area (Å²) in [7, 11) is 3.74. The maximum absolute atomic E-state index is 12.6. The van der Waals surface area contributed by atoms with Gasteiger partial charge >= 0.3 is 5.97 Å². The molecule has 0 radical (unpaired) electrons. The van der Waals surface area contributed by atoms with E-state index in [1.165, 1.54) is 0 Å². The second-order valence-electron chi connectivity index (χ2n) is 6.15. The van der Waals surface area contributed by atoms with Crippen molar-refractivity contribution in [3.8, 4) is 0 Å². The van der Waals surface area contributed by atoms with Crippen LogP contribution in [0, 0.1) is 13.8 Å². The van der Waals surface area contributed by atoms with Crippen molar-refractivity contribution in [1.29, 1.82) is 0 Å². The van der Waals surface area contributed by atoms with Crippen LogP contribution in [0.4, 0.5) is 0 Å². The van der Waals surface area contributed by atoms with Crippen LogP contribution < -0.4 is 5.32 Å². The number of carboxylic acids is 1. The molecule has 2 rings (SSSR count). The van der Waals surface area contributed by atoms with Gasteiger partial charge in [-0.25, -0.2) is 9.78 Å². The number of likely N-dealkylation sites (N-methyl/N-ethyl adjacent to an activating group) is 1. The summed E-state index contributed by atoms with van der Waals surface area (Å²) in [4.78, 5) is 30.0. The lowest BCUT2D eigenvalue weighted by molar-refractivity contribution is -0.125. The van der Waals surface area contributed by atoms with Gasteiger partial charge in [-0.2, -0.15) is 0 Å². The highest BCUT2D eigenvalue weighted by Gasteiger charge is 2.22. The summed E-state index contributed by atoms with van der Waals surface area (Å²) in [6.45, 7) is 4.11. The Morgan fingerprint density at radius 3 is 2.40 bits per heavy atom. The molecule has 0 aliphatic carbocycles. The molecule has 0 spiro atoms. The van der Waals surface area contributed by atoms with Crippen molar-refractivity contribution in [3.63, 3.8) is 0 Å². The van der Waals surface area contributed by atoms with E-state index in [-0.39, 0.29) is 16.8 Å². The van der Waals surface area contributed by atoms with Gasteiger partial charge in [-0.15, -0.1) is 11.3 Å². The lowest BCUT2D eigenvalue weighted by atomic mass is 10.0. The van der Waals surface area contributed by atoms with Crippen LogP contribution in [0.1, 0.15) is 37.5 Å². The number of rotatable bonds is 7. The third kappa shape index (κ3) is 4.87. The molecule has 1 heterocycles. The number of aryl methyl sites for hydroxylation is 2. The van der Waals surface area contributed by atoms with E-state index in [1.54, 1.807) is 6.92 Å². The third-order valence-corrected chi connectivity index (χ3v) is 5.04. The smallest absolute Gasteiger partial charge is 0.347 e. The zero-order chi connectivity index (χ0) is 18.6. The number of aromatic nitrogens is 1. The first-order valence-electron chi connectivity index (χ1n) is 8.00. The molecule has 0 saturated carbocycles. The molecule has 1 aromatic carbocycles. The minimum atomic E-state index is -0.961. The number of hydrogen-bond donors (Lipinski definition) is 2. The van der Waals surface area contributed by atoms with E-state index < -0.39 is 5.97 Å². The lowest BCUT2D eigenvalue weighted by Crippen LogP contribution is -2.37. The third-order valence-electron chi connectivity index (χ3n) is 3.83. The number of carbonyl (C=O) groups is 2. The Bertz CT molecular complexity index is 753. The Labute approximate surface area is 151 Å². The summed E-state index contributed by atoms with van der Waals surface area (Å²) in [5.74, 6) is -1.04. The van der Waals surface area contributed by atoms with E-state index >= 15 is 0 Å². The molecular weight excluding hydrogens is 338 g/mol. The molecule has 0 bridgehead atoms. The van der Waals surface area contributed by atoms with Gasteiger partial charge < -0.3 is 10.4 Å². The standard InChI is InChI=1S/C18H23N3O3S/c1-11-5-7-13(8-6-11)15(21(3)4)17(22)19-10-9-14-20-12(2)16(25-14)18(23)24/h5-8,15H,9-10H2,1-4H3,(H,19,22)(H,23,24). The summed E-state index contributed by atoms with van der Waals surface area (Å²) in [5.41, 5.74) is 2.60. The van der Waals surface area contributed by atoms with E-state index in [2.05, 4.69) is 10.3 Å². The molecule has 0 saturated heterocycles. The van der Waals surface area contributed by atoms with E-state index in [0.29, 0.717) is 23.7 Å². The normalized spacial score (nSPS) is 12.2. The summed E-state index contributed by atoms with van der Waals surface area (Å²) < 4.78 is 0. The van der Waals surface area contributed by atoms with Crippen molar-refractivity contribution in [2.24, 2.45) is 0 Å². The molecule has 0 aliphatic heterocycles. The fraction of sp³-hybridized carbons (Fsp3) is 0.389. The maximum atomic E-state index is 12.6. The SMILES string of the molecule is Cc1ccc(C(C(=O)NCCc2nc(C)c(C(=O)O)s2)N(C)C)cc1. The van der Waals surface area contributed by atoms with Crippen LogP contribution in [-0.2, 0) is 11.2 Å². The van der Waals surface area contributed by atoms with Crippen LogP contribution in [0.3, 0.4) is 0 Å². The molecule has 2 N–H and O–H groups in total. The summed E-state index contributed by atoms with van der Waals surface area (Å²) in [6.07, 6.45) is 0.512. The summed E-state index contributed by atoms with van der Waals surface area (Å²) >= 11 is 1.16. The summed E-state index contributed by atoms with van der Waals surface area (Å²) in [6, 6.07) is 7.54. The van der Waals surface area contributed by atoms with Gasteiger partial charge in [-0.05, 0) is 33.5 Å². The molecule has 134 valence electrons. The number of nitrogens with zero attached hydrogens (tertiary/aromatic N) is 2. The molecule has 0 fully saturated rings. The van der Waals surface area contributed by atoms with E-state index in [9.17, 15) is 9.59 Å². The lowest BCUT2D eigenvalue weighted by Gasteiger charge is -2.24. The molecule has 7 heteroatoms. The topological polar surface area (TPSA) is 82.5 Å². The number of hydrogen-bond acceptors (Lipinski definition) is 5. The Kier molecular flexibility index (Phi) is 6.27. The zero-order valence-electron chi connectivity index (χ0n) is 14.9. The highest BCUT2D eigenvalue weighted by Crippen LogP contribution is 2.20. The minimum absolute atomic E-state index is 0.0828. The molecule has 0 aliphatic rings. The van der Waals surface area contributed by atoms with Crippen LogP contribution in [0.15, 0.2) is 24.3 Å². The first-order valence-corrected chi connectivity index (χ1v) is 8.81.